The van der Waals surface area contributed by atoms with Gasteiger partial charge >= 0.3 is 0 Å². The van der Waals surface area contributed by atoms with Crippen molar-refractivity contribution in [2.45, 2.75) is 19.4 Å². The number of halogens is 1. The highest BCUT2D eigenvalue weighted by molar-refractivity contribution is 9.10. The first-order valence-corrected chi connectivity index (χ1v) is 7.31. The summed E-state index contributed by atoms with van der Waals surface area (Å²) < 4.78 is 1.83. The Morgan fingerprint density at radius 1 is 1.61 bits per heavy atom. The van der Waals surface area contributed by atoms with Crippen LogP contribution < -0.4 is 10.9 Å². The third-order valence-electron chi connectivity index (χ3n) is 2.60. The first-order chi connectivity index (χ1) is 8.58. The number of hydrogen-bond acceptors (Lipinski definition) is 4. The van der Waals surface area contributed by atoms with E-state index in [4.69, 9.17) is 0 Å². The van der Waals surface area contributed by atoms with Crippen LogP contribution in [0.2, 0.25) is 0 Å². The van der Waals surface area contributed by atoms with E-state index < -0.39 is 0 Å². The van der Waals surface area contributed by atoms with Crippen molar-refractivity contribution in [3.8, 4) is 0 Å². The van der Waals surface area contributed by atoms with Crippen LogP contribution in [0, 0.1) is 0 Å². The van der Waals surface area contributed by atoms with Crippen LogP contribution in [0.3, 0.4) is 0 Å². The molecule has 2 heterocycles. The molecule has 0 saturated heterocycles. The van der Waals surface area contributed by atoms with E-state index in [1.165, 1.54) is 10.2 Å². The van der Waals surface area contributed by atoms with Gasteiger partial charge in [-0.25, -0.2) is 4.68 Å². The molecule has 0 amide bonds. The lowest BCUT2D eigenvalue weighted by Gasteiger charge is -2.15. The van der Waals surface area contributed by atoms with Crippen molar-refractivity contribution in [2.24, 2.45) is 7.05 Å². The van der Waals surface area contributed by atoms with Gasteiger partial charge in [-0.3, -0.25) is 4.79 Å². The molecule has 0 bridgehead atoms. The van der Waals surface area contributed by atoms with Crippen LogP contribution >= 0.6 is 27.3 Å². The van der Waals surface area contributed by atoms with Gasteiger partial charge in [-0.2, -0.15) is 16.4 Å². The molecule has 0 aromatic carbocycles. The lowest BCUT2D eigenvalue weighted by Crippen LogP contribution is -2.24. The molecule has 2 aromatic heterocycles. The minimum atomic E-state index is -0.136. The predicted octanol–water partition coefficient (Wildman–Crippen LogP) is 2.65. The van der Waals surface area contributed by atoms with Crippen molar-refractivity contribution >= 4 is 33.0 Å². The summed E-state index contributed by atoms with van der Waals surface area (Å²) in [5, 5.41) is 11.5. The molecule has 1 N–H and O–H groups in total. The molecule has 6 heteroatoms. The highest BCUT2D eigenvalue weighted by Crippen LogP contribution is 2.18. The second-order valence-electron chi connectivity index (χ2n) is 4.18. The summed E-state index contributed by atoms with van der Waals surface area (Å²) in [4.78, 5) is 11.7. The summed E-state index contributed by atoms with van der Waals surface area (Å²) in [6, 6.07) is 2.35. The number of anilines is 1. The molecule has 0 aliphatic rings. The van der Waals surface area contributed by atoms with E-state index in [9.17, 15) is 4.79 Å². The molecule has 0 aliphatic heterocycles. The van der Waals surface area contributed by atoms with Crippen molar-refractivity contribution in [3.63, 3.8) is 0 Å². The molecule has 0 unspecified atom stereocenters. The number of aromatic nitrogens is 2. The fourth-order valence-corrected chi connectivity index (χ4v) is 2.85. The zero-order chi connectivity index (χ0) is 13.1. The highest BCUT2D eigenvalue weighted by atomic mass is 79.9. The van der Waals surface area contributed by atoms with Gasteiger partial charge < -0.3 is 5.32 Å². The summed E-state index contributed by atoms with van der Waals surface area (Å²) in [5.74, 6) is 0. The maximum atomic E-state index is 11.7. The molecule has 0 fully saturated rings. The number of nitrogens with one attached hydrogen (secondary N) is 1. The van der Waals surface area contributed by atoms with E-state index in [0.717, 1.165) is 12.1 Å². The quantitative estimate of drug-likeness (QED) is 0.939. The molecule has 1 atom stereocenters. The Labute approximate surface area is 118 Å². The molecule has 18 heavy (non-hydrogen) atoms. The van der Waals surface area contributed by atoms with Gasteiger partial charge in [0.25, 0.3) is 5.56 Å². The molecular formula is C12H14BrN3OS. The SMILES string of the molecule is C[C@H](Cc1ccsc1)Nc1cnn(C)c(=O)c1Br. The van der Waals surface area contributed by atoms with Gasteiger partial charge in [0, 0.05) is 13.1 Å². The topological polar surface area (TPSA) is 46.9 Å². The van der Waals surface area contributed by atoms with Crippen molar-refractivity contribution in [1.82, 2.24) is 9.78 Å². The fourth-order valence-electron chi connectivity index (χ4n) is 1.69. The monoisotopic (exact) mass is 327 g/mol. The van der Waals surface area contributed by atoms with Crippen LogP contribution in [-0.4, -0.2) is 15.8 Å². The maximum Gasteiger partial charge on any atom is 0.282 e. The van der Waals surface area contributed by atoms with Crippen molar-refractivity contribution < 1.29 is 0 Å². The van der Waals surface area contributed by atoms with Gasteiger partial charge in [-0.15, -0.1) is 0 Å². The predicted molar refractivity (Wildman–Crippen MR) is 78.3 cm³/mol. The van der Waals surface area contributed by atoms with E-state index >= 15 is 0 Å². The first kappa shape index (κ1) is 13.3. The lowest BCUT2D eigenvalue weighted by atomic mass is 10.1. The maximum absolute atomic E-state index is 11.7. The number of aryl methyl sites for hydroxylation is 1. The summed E-state index contributed by atoms with van der Waals surface area (Å²) in [5.41, 5.74) is 1.90. The van der Waals surface area contributed by atoms with Gasteiger partial charge in [-0.05, 0) is 51.7 Å². The molecule has 0 spiro atoms. The van der Waals surface area contributed by atoms with Crippen molar-refractivity contribution in [3.05, 3.63) is 43.4 Å². The van der Waals surface area contributed by atoms with Gasteiger partial charge in [0.05, 0.1) is 11.9 Å². The number of hydrogen-bond donors (Lipinski definition) is 1. The molecule has 2 aromatic rings. The molecule has 4 nitrogen and oxygen atoms in total. The largest absolute Gasteiger partial charge is 0.380 e. The van der Waals surface area contributed by atoms with Gasteiger partial charge in [-0.1, -0.05) is 0 Å². The van der Waals surface area contributed by atoms with Crippen LogP contribution in [0.25, 0.3) is 0 Å². The van der Waals surface area contributed by atoms with E-state index in [1.807, 2.05) is 0 Å². The Morgan fingerprint density at radius 3 is 3.06 bits per heavy atom. The Morgan fingerprint density at radius 2 is 2.39 bits per heavy atom. The Balaban J connectivity index is 2.10. The number of nitrogens with zero attached hydrogens (tertiary/aromatic N) is 2. The zero-order valence-electron chi connectivity index (χ0n) is 10.2. The molecular weight excluding hydrogens is 314 g/mol. The smallest absolute Gasteiger partial charge is 0.282 e. The summed E-state index contributed by atoms with van der Waals surface area (Å²) >= 11 is 5.00. The van der Waals surface area contributed by atoms with Crippen LogP contribution in [-0.2, 0) is 13.5 Å². The molecule has 0 radical (unpaired) electrons. The standard InChI is InChI=1S/C12H14BrN3OS/c1-8(5-9-3-4-18-7-9)15-10-6-14-16(2)12(17)11(10)13/h3-4,6-8,15H,5H2,1-2H3/t8-/m1/s1. The summed E-state index contributed by atoms with van der Waals surface area (Å²) in [6.45, 7) is 2.08. The second kappa shape index (κ2) is 5.67. The highest BCUT2D eigenvalue weighted by Gasteiger charge is 2.10. The average Bonchev–Trinajstić information content (AvgIpc) is 2.83. The van der Waals surface area contributed by atoms with Crippen molar-refractivity contribution in [1.29, 1.82) is 0 Å². The summed E-state index contributed by atoms with van der Waals surface area (Å²) in [6.07, 6.45) is 2.58. The Bertz CT molecular complexity index is 580. The van der Waals surface area contributed by atoms with Gasteiger partial charge in [0.15, 0.2) is 0 Å². The van der Waals surface area contributed by atoms with E-state index in [1.54, 1.807) is 24.6 Å². The molecule has 2 rings (SSSR count). The Hall–Kier alpha value is -1.14. The fraction of sp³-hybridized carbons (Fsp3) is 0.333. The van der Waals surface area contributed by atoms with Crippen LogP contribution in [0.1, 0.15) is 12.5 Å². The van der Waals surface area contributed by atoms with Crippen LogP contribution in [0.5, 0.6) is 0 Å². The Kier molecular flexibility index (Phi) is 4.19. The third-order valence-corrected chi connectivity index (χ3v) is 4.10. The molecule has 0 saturated carbocycles. The lowest BCUT2D eigenvalue weighted by molar-refractivity contribution is 0.699. The van der Waals surface area contributed by atoms with Crippen LogP contribution in [0.15, 0.2) is 32.3 Å². The first-order valence-electron chi connectivity index (χ1n) is 5.57. The minimum absolute atomic E-state index is 0.136. The van der Waals surface area contributed by atoms with Crippen molar-refractivity contribution in [2.75, 3.05) is 5.32 Å². The number of thiophene rings is 1. The third kappa shape index (κ3) is 3.00. The minimum Gasteiger partial charge on any atom is -0.380 e. The van der Waals surface area contributed by atoms with E-state index in [-0.39, 0.29) is 11.6 Å². The number of rotatable bonds is 4. The molecule has 96 valence electrons. The van der Waals surface area contributed by atoms with Crippen LogP contribution in [0.4, 0.5) is 5.69 Å². The molecule has 0 aliphatic carbocycles. The second-order valence-corrected chi connectivity index (χ2v) is 5.76. The summed E-state index contributed by atoms with van der Waals surface area (Å²) in [7, 11) is 1.63. The normalized spacial score (nSPS) is 12.4. The van der Waals surface area contributed by atoms with E-state index in [0.29, 0.717) is 4.47 Å². The van der Waals surface area contributed by atoms with Gasteiger partial charge in [0.1, 0.15) is 4.47 Å². The van der Waals surface area contributed by atoms with E-state index in [2.05, 4.69) is 50.1 Å². The average molecular weight is 328 g/mol. The zero-order valence-corrected chi connectivity index (χ0v) is 12.6. The van der Waals surface area contributed by atoms with Gasteiger partial charge in [0.2, 0.25) is 0 Å².